The fourth-order valence-corrected chi connectivity index (χ4v) is 4.74. The van der Waals surface area contributed by atoms with E-state index in [0.717, 1.165) is 37.0 Å². The fraction of sp³-hybridized carbons (Fsp3) is 0.625. The number of para-hydroxylation sites is 1. The molecular formula is C16H24N2O3S. The van der Waals surface area contributed by atoms with Crippen LogP contribution in [0.5, 0.6) is 5.75 Å². The highest BCUT2D eigenvalue weighted by molar-refractivity contribution is 7.87. The summed E-state index contributed by atoms with van der Waals surface area (Å²) >= 11 is 0. The molecule has 1 fully saturated rings. The van der Waals surface area contributed by atoms with Crippen LogP contribution < -0.4 is 9.46 Å². The average molecular weight is 324 g/mol. The molecule has 1 atom stereocenters. The van der Waals surface area contributed by atoms with E-state index in [4.69, 9.17) is 4.74 Å². The van der Waals surface area contributed by atoms with Crippen molar-refractivity contribution in [2.45, 2.75) is 50.6 Å². The molecule has 0 spiro atoms. The maximum atomic E-state index is 12.7. The van der Waals surface area contributed by atoms with Crippen molar-refractivity contribution in [2.24, 2.45) is 0 Å². The zero-order chi connectivity index (χ0) is 15.6. The van der Waals surface area contributed by atoms with Crippen molar-refractivity contribution in [3.8, 4) is 5.75 Å². The van der Waals surface area contributed by atoms with Crippen molar-refractivity contribution in [1.82, 2.24) is 9.03 Å². The standard InChI is InChI=1S/C16H24N2O3S/c1-18(13-7-3-2-4-8-13)22(19,20)17-15-11-12-21-16-10-6-5-9-14(15)16/h5-6,9-10,13,15,17H,2-4,7-8,11-12H2,1H3. The topological polar surface area (TPSA) is 58.6 Å². The minimum Gasteiger partial charge on any atom is -0.493 e. The number of nitrogens with zero attached hydrogens (tertiary/aromatic N) is 1. The van der Waals surface area contributed by atoms with Crippen molar-refractivity contribution in [1.29, 1.82) is 0 Å². The summed E-state index contributed by atoms with van der Waals surface area (Å²) < 4.78 is 35.4. The molecule has 0 saturated heterocycles. The van der Waals surface area contributed by atoms with Gasteiger partial charge in [-0.15, -0.1) is 0 Å². The highest BCUT2D eigenvalue weighted by Gasteiger charge is 2.31. The van der Waals surface area contributed by atoms with Gasteiger partial charge in [-0.25, -0.2) is 0 Å². The van der Waals surface area contributed by atoms with Crippen LogP contribution >= 0.6 is 0 Å². The van der Waals surface area contributed by atoms with Gasteiger partial charge in [0.1, 0.15) is 5.75 Å². The zero-order valence-electron chi connectivity index (χ0n) is 13.0. The SMILES string of the molecule is CN(C1CCCCC1)S(=O)(=O)NC1CCOc2ccccc21. The second kappa shape index (κ2) is 6.56. The molecule has 2 aliphatic rings. The molecule has 1 aliphatic heterocycles. The van der Waals surface area contributed by atoms with Gasteiger partial charge in [0.25, 0.3) is 10.2 Å². The Labute approximate surface area is 132 Å². The summed E-state index contributed by atoms with van der Waals surface area (Å²) in [5, 5.41) is 0. The molecule has 1 aromatic rings. The fourth-order valence-electron chi connectivity index (χ4n) is 3.37. The Morgan fingerprint density at radius 2 is 1.86 bits per heavy atom. The van der Waals surface area contributed by atoms with Crippen molar-refractivity contribution in [2.75, 3.05) is 13.7 Å². The van der Waals surface area contributed by atoms with E-state index in [1.54, 1.807) is 7.05 Å². The van der Waals surface area contributed by atoms with Gasteiger partial charge >= 0.3 is 0 Å². The predicted molar refractivity (Wildman–Crippen MR) is 86.0 cm³/mol. The van der Waals surface area contributed by atoms with Crippen LogP contribution in [0.4, 0.5) is 0 Å². The number of benzene rings is 1. The van der Waals surface area contributed by atoms with E-state index in [9.17, 15) is 8.42 Å². The summed E-state index contributed by atoms with van der Waals surface area (Å²) in [6.45, 7) is 0.539. The van der Waals surface area contributed by atoms with Gasteiger partial charge < -0.3 is 4.74 Å². The van der Waals surface area contributed by atoms with Crippen molar-refractivity contribution < 1.29 is 13.2 Å². The summed E-state index contributed by atoms with van der Waals surface area (Å²) in [5.74, 6) is 0.779. The van der Waals surface area contributed by atoms with E-state index in [1.165, 1.54) is 10.7 Å². The first-order valence-electron chi connectivity index (χ1n) is 8.05. The molecule has 5 nitrogen and oxygen atoms in total. The normalized spacial score (nSPS) is 23.1. The minimum absolute atomic E-state index is 0.126. The van der Waals surface area contributed by atoms with Crippen molar-refractivity contribution >= 4 is 10.2 Å². The van der Waals surface area contributed by atoms with Gasteiger partial charge in [-0.05, 0) is 18.9 Å². The molecular weight excluding hydrogens is 300 g/mol. The van der Waals surface area contributed by atoms with Gasteiger partial charge in [-0.2, -0.15) is 17.4 Å². The van der Waals surface area contributed by atoms with Crippen molar-refractivity contribution in [3.63, 3.8) is 0 Å². The first-order valence-corrected chi connectivity index (χ1v) is 9.49. The molecule has 1 heterocycles. The molecule has 122 valence electrons. The maximum absolute atomic E-state index is 12.7. The monoisotopic (exact) mass is 324 g/mol. The van der Waals surface area contributed by atoms with E-state index < -0.39 is 10.2 Å². The van der Waals surface area contributed by atoms with Crippen LogP contribution in [0.1, 0.15) is 50.1 Å². The second-order valence-electron chi connectivity index (χ2n) is 6.16. The van der Waals surface area contributed by atoms with E-state index in [1.807, 2.05) is 24.3 Å². The molecule has 6 heteroatoms. The quantitative estimate of drug-likeness (QED) is 0.926. The Hall–Kier alpha value is -1.11. The lowest BCUT2D eigenvalue weighted by Crippen LogP contribution is -2.46. The summed E-state index contributed by atoms with van der Waals surface area (Å²) in [6, 6.07) is 7.56. The largest absolute Gasteiger partial charge is 0.493 e. The third-order valence-electron chi connectivity index (χ3n) is 4.72. The molecule has 1 saturated carbocycles. The van der Waals surface area contributed by atoms with Crippen LogP contribution in [-0.2, 0) is 10.2 Å². The number of rotatable bonds is 4. The first kappa shape index (κ1) is 15.8. The number of ether oxygens (including phenoxy) is 1. The lowest BCUT2D eigenvalue weighted by atomic mass is 9.96. The van der Waals surface area contributed by atoms with Crippen LogP contribution in [0.15, 0.2) is 24.3 Å². The predicted octanol–water partition coefficient (Wildman–Crippen LogP) is 2.61. The average Bonchev–Trinajstić information content (AvgIpc) is 2.55. The number of hydrogen-bond donors (Lipinski definition) is 1. The Morgan fingerprint density at radius 3 is 2.64 bits per heavy atom. The maximum Gasteiger partial charge on any atom is 0.280 e. The van der Waals surface area contributed by atoms with Gasteiger partial charge in [0.2, 0.25) is 0 Å². The van der Waals surface area contributed by atoms with E-state index >= 15 is 0 Å². The molecule has 1 unspecified atom stereocenters. The summed E-state index contributed by atoms with van der Waals surface area (Å²) in [5.41, 5.74) is 0.925. The van der Waals surface area contributed by atoms with Crippen LogP contribution in [-0.4, -0.2) is 32.4 Å². The van der Waals surface area contributed by atoms with Crippen LogP contribution in [0.2, 0.25) is 0 Å². The van der Waals surface area contributed by atoms with Gasteiger partial charge in [-0.3, -0.25) is 0 Å². The lowest BCUT2D eigenvalue weighted by Gasteiger charge is -2.33. The summed E-state index contributed by atoms with van der Waals surface area (Å²) in [7, 11) is -1.78. The Morgan fingerprint density at radius 1 is 1.14 bits per heavy atom. The van der Waals surface area contributed by atoms with E-state index in [-0.39, 0.29) is 12.1 Å². The smallest absolute Gasteiger partial charge is 0.280 e. The Bertz CT molecular complexity index is 612. The van der Waals surface area contributed by atoms with Gasteiger partial charge in [0.05, 0.1) is 12.6 Å². The second-order valence-corrected chi connectivity index (χ2v) is 7.92. The Balaban J connectivity index is 1.74. The summed E-state index contributed by atoms with van der Waals surface area (Å²) in [4.78, 5) is 0. The van der Waals surface area contributed by atoms with Gasteiger partial charge in [0.15, 0.2) is 0 Å². The molecule has 0 bridgehead atoms. The van der Waals surface area contributed by atoms with Crippen molar-refractivity contribution in [3.05, 3.63) is 29.8 Å². The van der Waals surface area contributed by atoms with Crippen LogP contribution in [0.25, 0.3) is 0 Å². The molecule has 0 radical (unpaired) electrons. The number of nitrogens with one attached hydrogen (secondary N) is 1. The van der Waals surface area contributed by atoms with Gasteiger partial charge in [0, 0.05) is 25.1 Å². The zero-order valence-corrected chi connectivity index (χ0v) is 13.8. The molecule has 1 N–H and O–H groups in total. The molecule has 0 amide bonds. The molecule has 0 aromatic heterocycles. The molecule has 3 rings (SSSR count). The number of hydrogen-bond acceptors (Lipinski definition) is 3. The molecule has 1 aromatic carbocycles. The highest BCUT2D eigenvalue weighted by atomic mass is 32.2. The highest BCUT2D eigenvalue weighted by Crippen LogP contribution is 2.32. The third-order valence-corrected chi connectivity index (χ3v) is 6.36. The van der Waals surface area contributed by atoms with Crippen LogP contribution in [0.3, 0.4) is 0 Å². The molecule has 22 heavy (non-hydrogen) atoms. The Kier molecular flexibility index (Phi) is 4.70. The lowest BCUT2D eigenvalue weighted by molar-refractivity contribution is 0.255. The first-order chi connectivity index (χ1) is 10.6. The summed E-state index contributed by atoms with van der Waals surface area (Å²) in [6.07, 6.45) is 6.03. The van der Waals surface area contributed by atoms with Gasteiger partial charge in [-0.1, -0.05) is 37.5 Å². The van der Waals surface area contributed by atoms with E-state index in [2.05, 4.69) is 4.72 Å². The molecule has 1 aliphatic carbocycles. The third kappa shape index (κ3) is 3.29. The number of fused-ring (bicyclic) bond motifs is 1. The van der Waals surface area contributed by atoms with Crippen LogP contribution in [0, 0.1) is 0 Å². The van der Waals surface area contributed by atoms with E-state index in [0.29, 0.717) is 13.0 Å². The minimum atomic E-state index is -3.47.